The van der Waals surface area contributed by atoms with Crippen LogP contribution in [-0.2, 0) is 4.79 Å². The molecule has 0 saturated carbocycles. The summed E-state index contributed by atoms with van der Waals surface area (Å²) >= 11 is 1.33. The van der Waals surface area contributed by atoms with Gasteiger partial charge in [0.25, 0.3) is 0 Å². The van der Waals surface area contributed by atoms with Gasteiger partial charge in [-0.1, -0.05) is 6.92 Å². The van der Waals surface area contributed by atoms with Crippen LogP contribution in [0.2, 0.25) is 0 Å². The Kier molecular flexibility index (Phi) is 5.07. The van der Waals surface area contributed by atoms with Crippen molar-refractivity contribution in [3.8, 4) is 17.3 Å². The number of carbonyl (C=O) groups is 1. The van der Waals surface area contributed by atoms with Crippen molar-refractivity contribution in [1.29, 1.82) is 5.26 Å². The molecule has 0 fully saturated rings. The first-order valence-corrected chi connectivity index (χ1v) is 7.45. The molecule has 114 valence electrons. The first-order valence-electron chi connectivity index (χ1n) is 6.57. The van der Waals surface area contributed by atoms with Crippen LogP contribution in [0.1, 0.15) is 6.92 Å². The molecule has 0 aliphatic rings. The standard InChI is InChI=1S/C15H14FN3O2S/c1-10(14(20)21)8-19(7-6-17)15-18-13(9-22-15)11-2-4-12(16)5-3-11/h2-5,9-10H,7-8H2,1H3,(H,20,21). The quantitative estimate of drug-likeness (QED) is 0.828. The summed E-state index contributed by atoms with van der Waals surface area (Å²) < 4.78 is 12.9. The molecule has 0 bridgehead atoms. The van der Waals surface area contributed by atoms with Crippen LogP contribution in [0.4, 0.5) is 9.52 Å². The smallest absolute Gasteiger partial charge is 0.308 e. The number of carboxylic acid groups (broad SMARTS) is 1. The molecule has 1 aromatic carbocycles. The number of carboxylic acids is 1. The molecule has 1 atom stereocenters. The fourth-order valence-corrected chi connectivity index (χ4v) is 2.71. The Labute approximate surface area is 131 Å². The Morgan fingerprint density at radius 1 is 1.50 bits per heavy atom. The van der Waals surface area contributed by atoms with Crippen LogP contribution in [0.25, 0.3) is 11.3 Å². The number of halogens is 1. The molecule has 0 amide bonds. The van der Waals surface area contributed by atoms with Gasteiger partial charge in [-0.05, 0) is 24.3 Å². The Morgan fingerprint density at radius 3 is 2.77 bits per heavy atom. The van der Waals surface area contributed by atoms with Crippen LogP contribution in [0.5, 0.6) is 0 Å². The summed E-state index contributed by atoms with van der Waals surface area (Å²) in [5, 5.41) is 20.3. The Morgan fingerprint density at radius 2 is 2.18 bits per heavy atom. The number of nitrogens with zero attached hydrogens (tertiary/aromatic N) is 3. The van der Waals surface area contributed by atoms with Crippen LogP contribution in [0.15, 0.2) is 29.6 Å². The van der Waals surface area contributed by atoms with Gasteiger partial charge in [0.2, 0.25) is 0 Å². The van der Waals surface area contributed by atoms with Gasteiger partial charge in [-0.15, -0.1) is 11.3 Å². The number of hydrogen-bond donors (Lipinski definition) is 1. The lowest BCUT2D eigenvalue weighted by molar-refractivity contribution is -0.140. The summed E-state index contributed by atoms with van der Waals surface area (Å²) in [6.07, 6.45) is 0. The third-order valence-electron chi connectivity index (χ3n) is 3.08. The Balaban J connectivity index is 2.21. The van der Waals surface area contributed by atoms with E-state index in [1.165, 1.54) is 23.5 Å². The minimum absolute atomic E-state index is 0.0635. The normalized spacial score (nSPS) is 11.7. The van der Waals surface area contributed by atoms with E-state index in [0.29, 0.717) is 10.8 Å². The molecule has 1 aromatic heterocycles. The average Bonchev–Trinajstić information content (AvgIpc) is 2.97. The first kappa shape index (κ1) is 15.9. The summed E-state index contributed by atoms with van der Waals surface area (Å²) in [5.41, 5.74) is 1.44. The van der Waals surface area contributed by atoms with Crippen LogP contribution in [-0.4, -0.2) is 29.1 Å². The summed E-state index contributed by atoms with van der Waals surface area (Å²) in [6.45, 7) is 1.86. The second-order valence-electron chi connectivity index (χ2n) is 4.80. The second-order valence-corrected chi connectivity index (χ2v) is 5.64. The molecule has 1 N–H and O–H groups in total. The SMILES string of the molecule is CC(CN(CC#N)c1nc(-c2ccc(F)cc2)cs1)C(=O)O. The minimum atomic E-state index is -0.918. The molecular weight excluding hydrogens is 305 g/mol. The van der Waals surface area contributed by atoms with Crippen molar-refractivity contribution in [1.82, 2.24) is 4.98 Å². The van der Waals surface area contributed by atoms with E-state index in [9.17, 15) is 9.18 Å². The number of hydrogen-bond acceptors (Lipinski definition) is 5. The lowest BCUT2D eigenvalue weighted by atomic mass is 10.2. The van der Waals surface area contributed by atoms with Gasteiger partial charge in [0, 0.05) is 17.5 Å². The highest BCUT2D eigenvalue weighted by molar-refractivity contribution is 7.14. The zero-order chi connectivity index (χ0) is 16.1. The number of thiazole rings is 1. The highest BCUT2D eigenvalue weighted by Crippen LogP contribution is 2.28. The Hall–Kier alpha value is -2.46. The van der Waals surface area contributed by atoms with Crippen molar-refractivity contribution in [2.24, 2.45) is 5.92 Å². The van der Waals surface area contributed by atoms with Gasteiger partial charge in [0.15, 0.2) is 5.13 Å². The van der Waals surface area contributed by atoms with Crippen molar-refractivity contribution >= 4 is 22.4 Å². The number of anilines is 1. The fourth-order valence-electron chi connectivity index (χ4n) is 1.87. The summed E-state index contributed by atoms with van der Waals surface area (Å²) in [7, 11) is 0. The average molecular weight is 319 g/mol. The van der Waals surface area contributed by atoms with Gasteiger partial charge in [-0.25, -0.2) is 9.37 Å². The molecule has 0 aliphatic heterocycles. The molecular formula is C15H14FN3O2S. The maximum atomic E-state index is 12.9. The topological polar surface area (TPSA) is 77.2 Å². The van der Waals surface area contributed by atoms with Crippen molar-refractivity contribution < 1.29 is 14.3 Å². The molecule has 2 rings (SSSR count). The van der Waals surface area contributed by atoms with Crippen molar-refractivity contribution in [3.05, 3.63) is 35.5 Å². The van der Waals surface area contributed by atoms with Crippen LogP contribution in [0.3, 0.4) is 0 Å². The van der Waals surface area contributed by atoms with E-state index in [-0.39, 0.29) is 18.9 Å². The summed E-state index contributed by atoms with van der Waals surface area (Å²) in [6, 6.07) is 7.98. The van der Waals surface area contributed by atoms with E-state index in [1.807, 2.05) is 6.07 Å². The third kappa shape index (κ3) is 3.80. The van der Waals surface area contributed by atoms with Crippen molar-refractivity contribution in [2.45, 2.75) is 6.92 Å². The van der Waals surface area contributed by atoms with E-state index < -0.39 is 11.9 Å². The lowest BCUT2D eigenvalue weighted by Crippen LogP contribution is -2.32. The fraction of sp³-hybridized carbons (Fsp3) is 0.267. The molecule has 2 aromatic rings. The van der Waals surface area contributed by atoms with Gasteiger partial charge in [-0.3, -0.25) is 4.79 Å². The first-order chi connectivity index (χ1) is 10.5. The number of benzene rings is 1. The maximum absolute atomic E-state index is 12.9. The number of aliphatic carboxylic acids is 1. The predicted octanol–water partition coefficient (Wildman–Crippen LogP) is 3.00. The van der Waals surface area contributed by atoms with Crippen LogP contribution < -0.4 is 4.90 Å². The van der Waals surface area contributed by atoms with Crippen LogP contribution in [0, 0.1) is 23.1 Å². The number of nitriles is 1. The Bertz CT molecular complexity index is 694. The molecule has 7 heteroatoms. The van der Waals surface area contributed by atoms with Crippen molar-refractivity contribution in [2.75, 3.05) is 18.0 Å². The van der Waals surface area contributed by atoms with Crippen LogP contribution >= 0.6 is 11.3 Å². The zero-order valence-electron chi connectivity index (χ0n) is 11.9. The molecule has 0 radical (unpaired) electrons. The van der Waals surface area contributed by atoms with Gasteiger partial charge >= 0.3 is 5.97 Å². The van der Waals surface area contributed by atoms with E-state index >= 15 is 0 Å². The highest BCUT2D eigenvalue weighted by atomic mass is 32.1. The molecule has 1 heterocycles. The molecule has 5 nitrogen and oxygen atoms in total. The predicted molar refractivity (Wildman–Crippen MR) is 82.1 cm³/mol. The number of aromatic nitrogens is 1. The zero-order valence-corrected chi connectivity index (χ0v) is 12.7. The lowest BCUT2D eigenvalue weighted by Gasteiger charge is -2.20. The largest absolute Gasteiger partial charge is 0.481 e. The third-order valence-corrected chi connectivity index (χ3v) is 3.98. The monoisotopic (exact) mass is 319 g/mol. The van der Waals surface area contributed by atoms with E-state index in [0.717, 1.165) is 5.56 Å². The minimum Gasteiger partial charge on any atom is -0.481 e. The molecule has 1 unspecified atom stereocenters. The molecule has 0 aliphatic carbocycles. The van der Waals surface area contributed by atoms with Gasteiger partial charge in [0.05, 0.1) is 17.7 Å². The van der Waals surface area contributed by atoms with E-state index in [4.69, 9.17) is 10.4 Å². The van der Waals surface area contributed by atoms with Crippen molar-refractivity contribution in [3.63, 3.8) is 0 Å². The number of rotatable bonds is 6. The molecule has 0 saturated heterocycles. The van der Waals surface area contributed by atoms with E-state index in [1.54, 1.807) is 29.3 Å². The van der Waals surface area contributed by atoms with Gasteiger partial charge in [-0.2, -0.15) is 5.26 Å². The second kappa shape index (κ2) is 7.00. The molecule has 22 heavy (non-hydrogen) atoms. The van der Waals surface area contributed by atoms with E-state index in [2.05, 4.69) is 4.98 Å². The highest BCUT2D eigenvalue weighted by Gasteiger charge is 2.19. The van der Waals surface area contributed by atoms with Gasteiger partial charge in [0.1, 0.15) is 12.4 Å². The van der Waals surface area contributed by atoms with Gasteiger partial charge < -0.3 is 10.0 Å². The molecule has 0 spiro atoms. The summed E-state index contributed by atoms with van der Waals surface area (Å²) in [5.74, 6) is -1.84. The summed E-state index contributed by atoms with van der Waals surface area (Å²) in [4.78, 5) is 17.0. The maximum Gasteiger partial charge on any atom is 0.308 e.